The second-order valence-electron chi connectivity index (χ2n) is 4.32. The van der Waals surface area contributed by atoms with Gasteiger partial charge in [0.25, 0.3) is 5.56 Å². The summed E-state index contributed by atoms with van der Waals surface area (Å²) in [4.78, 5) is 31.3. The van der Waals surface area contributed by atoms with Crippen molar-refractivity contribution < 1.29 is 4.79 Å². The van der Waals surface area contributed by atoms with E-state index < -0.39 is 6.03 Å². The zero-order valence-electron chi connectivity index (χ0n) is 11.4. The van der Waals surface area contributed by atoms with Crippen LogP contribution in [0.1, 0.15) is 11.3 Å². The summed E-state index contributed by atoms with van der Waals surface area (Å²) in [5.74, 6) is 0.177. The molecule has 2 N–H and O–H groups in total. The summed E-state index contributed by atoms with van der Waals surface area (Å²) in [6, 6.07) is 2.78. The highest BCUT2D eigenvalue weighted by Crippen LogP contribution is 2.05. The monoisotopic (exact) mass is 284 g/mol. The highest BCUT2D eigenvalue weighted by molar-refractivity contribution is 5.98. The van der Waals surface area contributed by atoms with Crippen molar-refractivity contribution in [3.05, 3.63) is 46.3 Å². The van der Waals surface area contributed by atoms with E-state index in [2.05, 4.69) is 20.6 Å². The van der Waals surface area contributed by atoms with Crippen LogP contribution in [0.4, 0.5) is 16.3 Å². The largest absolute Gasteiger partial charge is 0.325 e. The molecule has 0 radical (unpaired) electrons. The molecule has 0 fully saturated rings. The molecule has 8 heteroatoms. The van der Waals surface area contributed by atoms with Crippen LogP contribution in [0.3, 0.4) is 0 Å². The topological polar surface area (TPSA) is 113 Å². The molecule has 21 heavy (non-hydrogen) atoms. The van der Waals surface area contributed by atoms with Gasteiger partial charge in [0, 0.05) is 13.2 Å². The van der Waals surface area contributed by atoms with Gasteiger partial charge in [-0.25, -0.2) is 14.8 Å². The second-order valence-corrected chi connectivity index (χ2v) is 4.32. The molecule has 106 valence electrons. The average molecular weight is 284 g/mol. The Bertz CT molecular complexity index is 773. The number of pyridine rings is 1. The molecule has 0 spiro atoms. The number of hydrogen-bond donors (Lipinski definition) is 2. The molecule has 0 aliphatic heterocycles. The molecule has 0 atom stereocenters. The Morgan fingerprint density at radius 2 is 2.10 bits per heavy atom. The van der Waals surface area contributed by atoms with Crippen molar-refractivity contribution in [2.45, 2.75) is 6.92 Å². The van der Waals surface area contributed by atoms with Crippen LogP contribution in [0.15, 0.2) is 29.5 Å². The first-order chi connectivity index (χ1) is 9.99. The van der Waals surface area contributed by atoms with Gasteiger partial charge >= 0.3 is 6.03 Å². The van der Waals surface area contributed by atoms with Crippen LogP contribution in [-0.2, 0) is 7.05 Å². The molecule has 2 amide bonds. The fourth-order valence-corrected chi connectivity index (χ4v) is 1.69. The second kappa shape index (κ2) is 5.83. The lowest BCUT2D eigenvalue weighted by molar-refractivity contribution is 0.262. The van der Waals surface area contributed by atoms with E-state index in [1.165, 1.54) is 17.0 Å². The molecule has 0 aliphatic rings. The lowest BCUT2D eigenvalue weighted by atomic mass is 10.3. The minimum atomic E-state index is -0.614. The number of hydrogen-bond acceptors (Lipinski definition) is 5. The number of nitrogens with one attached hydrogen (secondary N) is 2. The lowest BCUT2D eigenvalue weighted by Crippen LogP contribution is -2.27. The number of aryl methyl sites for hydroxylation is 2. The quantitative estimate of drug-likeness (QED) is 0.854. The minimum Gasteiger partial charge on any atom is -0.317 e. The summed E-state index contributed by atoms with van der Waals surface area (Å²) in [6.07, 6.45) is 4.16. The van der Waals surface area contributed by atoms with Crippen LogP contribution in [0.5, 0.6) is 0 Å². The Balaban J connectivity index is 2.12. The van der Waals surface area contributed by atoms with Crippen molar-refractivity contribution in [2.24, 2.45) is 7.05 Å². The first-order valence-corrected chi connectivity index (χ1v) is 5.97. The summed E-state index contributed by atoms with van der Waals surface area (Å²) in [7, 11) is 1.60. The van der Waals surface area contributed by atoms with Crippen molar-refractivity contribution >= 4 is 17.5 Å². The first-order valence-electron chi connectivity index (χ1n) is 5.97. The van der Waals surface area contributed by atoms with Crippen molar-refractivity contribution in [1.82, 2.24) is 14.5 Å². The van der Waals surface area contributed by atoms with Gasteiger partial charge in [0.1, 0.15) is 11.8 Å². The fraction of sp³-hybridized carbons (Fsp3) is 0.154. The molecule has 0 unspecified atom stereocenters. The van der Waals surface area contributed by atoms with Gasteiger partial charge in [-0.2, -0.15) is 5.26 Å². The van der Waals surface area contributed by atoms with Gasteiger partial charge in [-0.1, -0.05) is 0 Å². The lowest BCUT2D eigenvalue weighted by Gasteiger charge is -2.08. The maximum atomic E-state index is 11.8. The van der Waals surface area contributed by atoms with Crippen LogP contribution >= 0.6 is 0 Å². The molecule has 0 saturated heterocycles. The van der Waals surface area contributed by atoms with Gasteiger partial charge in [-0.05, 0) is 18.6 Å². The molecule has 2 rings (SSSR count). The summed E-state index contributed by atoms with van der Waals surface area (Å²) in [6.45, 7) is 1.81. The van der Waals surface area contributed by atoms with E-state index >= 15 is 0 Å². The van der Waals surface area contributed by atoms with E-state index in [4.69, 9.17) is 5.26 Å². The predicted octanol–water partition coefficient (Wildman–Crippen LogP) is 0.999. The summed E-state index contributed by atoms with van der Waals surface area (Å²) in [5, 5.41) is 13.5. The van der Waals surface area contributed by atoms with Crippen LogP contribution in [0.2, 0.25) is 0 Å². The highest BCUT2D eigenvalue weighted by atomic mass is 16.2. The Hall–Kier alpha value is -3.21. The van der Waals surface area contributed by atoms with Crippen LogP contribution < -0.4 is 16.2 Å². The Labute approximate surface area is 120 Å². The van der Waals surface area contributed by atoms with Gasteiger partial charge in [-0.3, -0.25) is 10.1 Å². The van der Waals surface area contributed by atoms with E-state index in [0.29, 0.717) is 0 Å². The smallest absolute Gasteiger partial charge is 0.317 e. The van der Waals surface area contributed by atoms with Crippen molar-refractivity contribution in [3.63, 3.8) is 0 Å². The average Bonchev–Trinajstić information content (AvgIpc) is 2.45. The number of amides is 2. The van der Waals surface area contributed by atoms with E-state index in [9.17, 15) is 9.59 Å². The maximum Gasteiger partial charge on any atom is 0.325 e. The standard InChI is InChI=1S/C13H12N6O2/c1-8-3-10(12(20)19(2)7-8)17-13(21)18-11-6-15-9(4-14)5-16-11/h3,5-7H,1-2H3,(H2,16,17,18,21). The normalized spacial score (nSPS) is 9.76. The number of nitriles is 1. The molecule has 0 bridgehead atoms. The third kappa shape index (κ3) is 3.42. The molecule has 0 aromatic carbocycles. The van der Waals surface area contributed by atoms with Gasteiger partial charge in [0.05, 0.1) is 12.4 Å². The Morgan fingerprint density at radius 3 is 2.71 bits per heavy atom. The van der Waals surface area contributed by atoms with Gasteiger partial charge in [-0.15, -0.1) is 0 Å². The predicted molar refractivity (Wildman–Crippen MR) is 75.8 cm³/mol. The van der Waals surface area contributed by atoms with Crippen LogP contribution in [-0.4, -0.2) is 20.6 Å². The number of anilines is 2. The SMILES string of the molecule is Cc1cc(NC(=O)Nc2cnc(C#N)cn2)c(=O)n(C)c1. The van der Waals surface area contributed by atoms with Gasteiger partial charge < -0.3 is 9.88 Å². The van der Waals surface area contributed by atoms with Crippen molar-refractivity contribution in [2.75, 3.05) is 10.6 Å². The first kappa shape index (κ1) is 14.2. The molecule has 2 aromatic heterocycles. The number of urea groups is 1. The fourth-order valence-electron chi connectivity index (χ4n) is 1.69. The van der Waals surface area contributed by atoms with E-state index in [-0.39, 0.29) is 22.8 Å². The molecule has 2 heterocycles. The number of carbonyl (C=O) groups excluding carboxylic acids is 1. The van der Waals surface area contributed by atoms with Gasteiger partial charge in [0.15, 0.2) is 11.5 Å². The molecule has 0 aliphatic carbocycles. The van der Waals surface area contributed by atoms with E-state index in [1.807, 2.05) is 13.0 Å². The van der Waals surface area contributed by atoms with Crippen LogP contribution in [0, 0.1) is 18.3 Å². The Kier molecular flexibility index (Phi) is 3.95. The summed E-state index contributed by atoms with van der Waals surface area (Å²) in [5.41, 5.74) is 0.831. The molecule has 8 nitrogen and oxygen atoms in total. The summed E-state index contributed by atoms with van der Waals surface area (Å²) >= 11 is 0. The highest BCUT2D eigenvalue weighted by Gasteiger charge is 2.08. The van der Waals surface area contributed by atoms with Crippen LogP contribution in [0.25, 0.3) is 0 Å². The molecule has 2 aromatic rings. The maximum absolute atomic E-state index is 11.8. The van der Waals surface area contributed by atoms with Crippen molar-refractivity contribution in [3.8, 4) is 6.07 Å². The third-order valence-corrected chi connectivity index (χ3v) is 2.58. The number of aromatic nitrogens is 3. The molecular weight excluding hydrogens is 272 g/mol. The van der Waals surface area contributed by atoms with Gasteiger partial charge in [0.2, 0.25) is 0 Å². The number of nitrogens with zero attached hydrogens (tertiary/aromatic N) is 4. The number of rotatable bonds is 2. The zero-order chi connectivity index (χ0) is 15.4. The van der Waals surface area contributed by atoms with E-state index in [1.54, 1.807) is 19.3 Å². The third-order valence-electron chi connectivity index (χ3n) is 2.58. The molecule has 0 saturated carbocycles. The molecular formula is C13H12N6O2. The zero-order valence-corrected chi connectivity index (χ0v) is 11.4. The number of carbonyl (C=O) groups is 1. The van der Waals surface area contributed by atoms with Crippen molar-refractivity contribution in [1.29, 1.82) is 5.26 Å². The minimum absolute atomic E-state index is 0.147. The van der Waals surface area contributed by atoms with E-state index in [0.717, 1.165) is 5.56 Å². The Morgan fingerprint density at radius 1 is 1.33 bits per heavy atom. The summed E-state index contributed by atoms with van der Waals surface area (Å²) < 4.78 is 1.38.